The Morgan fingerprint density at radius 2 is 2.24 bits per heavy atom. The molecule has 0 radical (unpaired) electrons. The highest BCUT2D eigenvalue weighted by Gasteiger charge is 2.14. The number of nitrogens with two attached hydrogens (primary N) is 1. The van der Waals surface area contributed by atoms with Gasteiger partial charge in [-0.3, -0.25) is 9.67 Å². The number of aromatic nitrogens is 3. The first-order chi connectivity index (χ1) is 10.1. The van der Waals surface area contributed by atoms with E-state index in [-0.39, 0.29) is 0 Å². The number of benzene rings is 1. The van der Waals surface area contributed by atoms with Crippen LogP contribution in [-0.4, -0.2) is 14.8 Å². The lowest BCUT2D eigenvalue weighted by Gasteiger charge is -2.11. The normalized spacial score (nSPS) is 11.0. The minimum absolute atomic E-state index is 0.322. The van der Waals surface area contributed by atoms with Gasteiger partial charge in [-0.15, -0.1) is 0 Å². The molecule has 108 valence electrons. The molecule has 0 saturated heterocycles. The number of fused-ring (bicyclic) bond motifs is 1. The molecule has 6 heteroatoms. The molecule has 21 heavy (non-hydrogen) atoms. The summed E-state index contributed by atoms with van der Waals surface area (Å²) in [6.07, 6.45) is 4.20. The maximum Gasteiger partial charge on any atom is 0.150 e. The molecule has 0 atom stereocenters. The van der Waals surface area contributed by atoms with Gasteiger partial charge in [0.2, 0.25) is 0 Å². The van der Waals surface area contributed by atoms with Crippen LogP contribution in [0, 0.1) is 5.82 Å². The predicted octanol–water partition coefficient (Wildman–Crippen LogP) is 3.00. The van der Waals surface area contributed by atoms with Crippen LogP contribution in [0.25, 0.3) is 10.9 Å². The number of nitrogen functional groups attached to an aromatic ring is 1. The molecule has 0 amide bonds. The van der Waals surface area contributed by atoms with Gasteiger partial charge in [-0.1, -0.05) is 6.92 Å². The lowest BCUT2D eigenvalue weighted by Crippen LogP contribution is -2.00. The number of aryl methyl sites for hydroxylation is 2. The second kappa shape index (κ2) is 5.05. The van der Waals surface area contributed by atoms with Gasteiger partial charge in [0.05, 0.1) is 16.9 Å². The van der Waals surface area contributed by atoms with Crippen LogP contribution in [0.15, 0.2) is 30.6 Å². The molecule has 0 fully saturated rings. The molecule has 5 nitrogen and oxygen atoms in total. The van der Waals surface area contributed by atoms with Crippen molar-refractivity contribution in [3.05, 3.63) is 42.1 Å². The van der Waals surface area contributed by atoms with E-state index in [1.54, 1.807) is 16.9 Å². The molecular weight excluding hydrogens is 269 g/mol. The molecule has 0 spiro atoms. The number of halogens is 1. The maximum atomic E-state index is 14.3. The number of anilines is 3. The Labute approximate surface area is 121 Å². The van der Waals surface area contributed by atoms with Gasteiger partial charge in [-0.25, -0.2) is 4.39 Å². The van der Waals surface area contributed by atoms with E-state index in [1.165, 1.54) is 6.07 Å². The molecule has 1 aromatic carbocycles. The number of hydrogen-bond acceptors (Lipinski definition) is 4. The number of hydrogen-bond donors (Lipinski definition) is 2. The minimum Gasteiger partial charge on any atom is -0.398 e. The van der Waals surface area contributed by atoms with E-state index in [9.17, 15) is 4.39 Å². The summed E-state index contributed by atoms with van der Waals surface area (Å²) in [5.41, 5.74) is 8.72. The first-order valence-electron chi connectivity index (χ1n) is 6.72. The third-order valence-corrected chi connectivity index (χ3v) is 3.38. The van der Waals surface area contributed by atoms with Crippen LogP contribution >= 0.6 is 0 Å². The largest absolute Gasteiger partial charge is 0.398 e. The fourth-order valence-corrected chi connectivity index (χ4v) is 2.39. The van der Waals surface area contributed by atoms with Crippen molar-refractivity contribution in [1.82, 2.24) is 14.8 Å². The lowest BCUT2D eigenvalue weighted by molar-refractivity contribution is 0.634. The van der Waals surface area contributed by atoms with E-state index in [2.05, 4.69) is 15.4 Å². The third kappa shape index (κ3) is 2.29. The van der Waals surface area contributed by atoms with Crippen molar-refractivity contribution in [3.63, 3.8) is 0 Å². The Balaban J connectivity index is 2.16. The highest BCUT2D eigenvalue weighted by molar-refractivity contribution is 5.99. The van der Waals surface area contributed by atoms with E-state index in [0.29, 0.717) is 16.9 Å². The smallest absolute Gasteiger partial charge is 0.150 e. The van der Waals surface area contributed by atoms with Crippen molar-refractivity contribution in [2.45, 2.75) is 13.3 Å². The Kier molecular flexibility index (Phi) is 3.21. The molecule has 0 aliphatic heterocycles. The second-order valence-electron chi connectivity index (χ2n) is 4.86. The van der Waals surface area contributed by atoms with Crippen LogP contribution in [0.5, 0.6) is 0 Å². The minimum atomic E-state index is -0.426. The van der Waals surface area contributed by atoms with Gasteiger partial charge in [0.25, 0.3) is 0 Å². The quantitative estimate of drug-likeness (QED) is 0.726. The summed E-state index contributed by atoms with van der Waals surface area (Å²) in [5, 5.41) is 8.17. The molecule has 3 N–H and O–H groups in total. The van der Waals surface area contributed by atoms with Gasteiger partial charge < -0.3 is 11.1 Å². The van der Waals surface area contributed by atoms with Crippen molar-refractivity contribution >= 4 is 28.0 Å². The van der Waals surface area contributed by atoms with Crippen LogP contribution < -0.4 is 11.1 Å². The molecule has 3 rings (SSSR count). The fourth-order valence-electron chi connectivity index (χ4n) is 2.39. The highest BCUT2D eigenvalue weighted by Crippen LogP contribution is 2.32. The fraction of sp³-hybridized carbons (Fsp3) is 0.200. The van der Waals surface area contributed by atoms with Gasteiger partial charge in [0.1, 0.15) is 5.69 Å². The molecule has 0 saturated carbocycles. The summed E-state index contributed by atoms with van der Waals surface area (Å²) in [6.45, 7) is 2.00. The predicted molar refractivity (Wildman–Crippen MR) is 82.0 cm³/mol. The summed E-state index contributed by atoms with van der Waals surface area (Å²) in [4.78, 5) is 4.25. The van der Waals surface area contributed by atoms with E-state index >= 15 is 0 Å². The molecule has 3 aromatic rings. The van der Waals surface area contributed by atoms with Crippen molar-refractivity contribution < 1.29 is 4.39 Å². The van der Waals surface area contributed by atoms with Crippen molar-refractivity contribution in [3.8, 4) is 0 Å². The monoisotopic (exact) mass is 285 g/mol. The van der Waals surface area contributed by atoms with E-state index in [1.807, 2.05) is 26.2 Å². The Hall–Kier alpha value is -2.63. The van der Waals surface area contributed by atoms with Crippen LogP contribution in [-0.2, 0) is 13.5 Å². The van der Waals surface area contributed by atoms with E-state index < -0.39 is 5.82 Å². The average Bonchev–Trinajstić information content (AvgIpc) is 2.83. The zero-order chi connectivity index (χ0) is 15.0. The first kappa shape index (κ1) is 13.4. The summed E-state index contributed by atoms with van der Waals surface area (Å²) < 4.78 is 16.0. The Bertz CT molecular complexity index is 809. The number of nitrogens with one attached hydrogen (secondary N) is 1. The summed E-state index contributed by atoms with van der Waals surface area (Å²) in [5.74, 6) is -0.426. The van der Waals surface area contributed by atoms with Crippen LogP contribution in [0.3, 0.4) is 0 Å². The molecular formula is C15H16FN5. The zero-order valence-corrected chi connectivity index (χ0v) is 11.9. The summed E-state index contributed by atoms with van der Waals surface area (Å²) in [6, 6.07) is 4.92. The molecule has 2 aromatic heterocycles. The van der Waals surface area contributed by atoms with Crippen LogP contribution in [0.1, 0.15) is 12.6 Å². The van der Waals surface area contributed by atoms with Crippen LogP contribution in [0.2, 0.25) is 0 Å². The lowest BCUT2D eigenvalue weighted by atomic mass is 10.1. The zero-order valence-electron chi connectivity index (χ0n) is 11.9. The SMILES string of the molecule is CCc1nn(C)cc1Nc1c(F)cc(N)c2cccnc12. The highest BCUT2D eigenvalue weighted by atomic mass is 19.1. The van der Waals surface area contributed by atoms with E-state index in [4.69, 9.17) is 5.73 Å². The average molecular weight is 285 g/mol. The van der Waals surface area contributed by atoms with Crippen molar-refractivity contribution in [2.75, 3.05) is 11.1 Å². The third-order valence-electron chi connectivity index (χ3n) is 3.38. The van der Waals surface area contributed by atoms with Crippen molar-refractivity contribution in [2.24, 2.45) is 7.05 Å². The number of pyridine rings is 1. The second-order valence-corrected chi connectivity index (χ2v) is 4.86. The first-order valence-corrected chi connectivity index (χ1v) is 6.72. The van der Waals surface area contributed by atoms with Crippen LogP contribution in [0.4, 0.5) is 21.5 Å². The molecule has 2 heterocycles. The molecule has 0 aliphatic rings. The van der Waals surface area contributed by atoms with Crippen molar-refractivity contribution in [1.29, 1.82) is 0 Å². The topological polar surface area (TPSA) is 68.8 Å². The Morgan fingerprint density at radius 3 is 3.00 bits per heavy atom. The maximum absolute atomic E-state index is 14.3. The number of rotatable bonds is 3. The summed E-state index contributed by atoms with van der Waals surface area (Å²) in [7, 11) is 1.83. The van der Waals surface area contributed by atoms with Gasteiger partial charge in [-0.05, 0) is 24.6 Å². The molecule has 0 unspecified atom stereocenters. The molecule has 0 bridgehead atoms. The van der Waals surface area contributed by atoms with Gasteiger partial charge in [0, 0.05) is 30.5 Å². The standard InChI is InChI=1S/C15H16FN5/c1-3-12-13(8-21(2)20-12)19-15-10(16)7-11(17)9-5-4-6-18-14(9)15/h4-8,19H,3,17H2,1-2H3. The number of nitrogens with zero attached hydrogens (tertiary/aromatic N) is 3. The Morgan fingerprint density at radius 1 is 1.43 bits per heavy atom. The van der Waals surface area contributed by atoms with Gasteiger partial charge in [-0.2, -0.15) is 5.10 Å². The van der Waals surface area contributed by atoms with Gasteiger partial charge in [0.15, 0.2) is 5.82 Å². The summed E-state index contributed by atoms with van der Waals surface area (Å²) >= 11 is 0. The van der Waals surface area contributed by atoms with Gasteiger partial charge >= 0.3 is 0 Å². The van der Waals surface area contributed by atoms with E-state index in [0.717, 1.165) is 23.2 Å². The molecule has 0 aliphatic carbocycles.